The van der Waals surface area contributed by atoms with Gasteiger partial charge < -0.3 is 18.8 Å². The molecule has 0 bridgehead atoms. The van der Waals surface area contributed by atoms with Crippen molar-refractivity contribution in [2.45, 2.75) is 26.8 Å². The van der Waals surface area contributed by atoms with Crippen molar-refractivity contribution < 1.29 is 23.8 Å². The smallest absolute Gasteiger partial charge is 0.325 e. The van der Waals surface area contributed by atoms with Crippen molar-refractivity contribution in [1.82, 2.24) is 4.57 Å². The highest BCUT2D eigenvalue weighted by Crippen LogP contribution is 2.34. The van der Waals surface area contributed by atoms with E-state index in [-0.39, 0.29) is 12.5 Å². The van der Waals surface area contributed by atoms with Crippen LogP contribution >= 0.6 is 0 Å². The summed E-state index contributed by atoms with van der Waals surface area (Å²) in [7, 11) is 3.08. The molecule has 0 aliphatic rings. The highest BCUT2D eigenvalue weighted by Gasteiger charge is 2.17. The number of hydrogen-bond donors (Lipinski definition) is 0. The summed E-state index contributed by atoms with van der Waals surface area (Å²) in [5, 5.41) is 0.656. The number of carbonyl (C=O) groups is 2. The lowest BCUT2D eigenvalue weighted by molar-refractivity contribution is -0.144. The Morgan fingerprint density at radius 1 is 1.25 bits per heavy atom. The van der Waals surface area contributed by atoms with Crippen LogP contribution in [0, 0.1) is 5.92 Å². The summed E-state index contributed by atoms with van der Waals surface area (Å²) >= 11 is 0. The van der Waals surface area contributed by atoms with Crippen LogP contribution in [0.3, 0.4) is 0 Å². The van der Waals surface area contributed by atoms with E-state index >= 15 is 0 Å². The largest absolute Gasteiger partial charge is 0.497 e. The Hall–Kier alpha value is -2.50. The number of hydrogen-bond acceptors (Lipinski definition) is 5. The highest BCUT2D eigenvalue weighted by atomic mass is 16.5. The van der Waals surface area contributed by atoms with Crippen LogP contribution in [-0.4, -0.2) is 37.6 Å². The minimum atomic E-state index is -0.341. The number of methoxy groups -OCH3 is 2. The average molecular weight is 333 g/mol. The molecule has 0 fully saturated rings. The van der Waals surface area contributed by atoms with Gasteiger partial charge in [0.25, 0.3) is 0 Å². The second-order valence-electron chi connectivity index (χ2n) is 5.96. The van der Waals surface area contributed by atoms with E-state index in [0.717, 1.165) is 12.7 Å². The minimum Gasteiger partial charge on any atom is -0.497 e. The maximum Gasteiger partial charge on any atom is 0.325 e. The van der Waals surface area contributed by atoms with Crippen molar-refractivity contribution in [1.29, 1.82) is 0 Å². The summed E-state index contributed by atoms with van der Waals surface area (Å²) in [6.07, 6.45) is 3.20. The number of ether oxygens (including phenoxy) is 3. The first-order valence-corrected chi connectivity index (χ1v) is 7.85. The van der Waals surface area contributed by atoms with Gasteiger partial charge in [-0.25, -0.2) is 0 Å². The molecule has 1 aromatic heterocycles. The lowest BCUT2D eigenvalue weighted by atomic mass is 10.1. The van der Waals surface area contributed by atoms with Gasteiger partial charge in [-0.05, 0) is 12.3 Å². The Labute approximate surface area is 141 Å². The molecule has 0 amide bonds. The van der Waals surface area contributed by atoms with Gasteiger partial charge in [-0.2, -0.15) is 0 Å². The summed E-state index contributed by atoms with van der Waals surface area (Å²) in [5.41, 5.74) is 1.15. The van der Waals surface area contributed by atoms with Crippen molar-refractivity contribution in [2.75, 3.05) is 20.8 Å². The molecular formula is C18H23NO5. The Kier molecular flexibility index (Phi) is 5.84. The Balaban J connectivity index is 2.33. The van der Waals surface area contributed by atoms with Crippen molar-refractivity contribution in [2.24, 2.45) is 5.92 Å². The van der Waals surface area contributed by atoms with Crippen molar-refractivity contribution in [3.8, 4) is 11.5 Å². The molecule has 130 valence electrons. The molecule has 24 heavy (non-hydrogen) atoms. The number of aromatic nitrogens is 1. The van der Waals surface area contributed by atoms with E-state index in [0.29, 0.717) is 40.5 Å². The van der Waals surface area contributed by atoms with Crippen LogP contribution in [0.5, 0.6) is 11.5 Å². The van der Waals surface area contributed by atoms with E-state index in [1.54, 1.807) is 30.0 Å². The number of benzene rings is 1. The standard InChI is InChI=1S/C18H23NO5/c1-12(2)5-6-24-17(21)10-19-9-13(11-20)18-15(19)7-14(22-3)8-16(18)23-4/h7-9,11-12H,5-6,10H2,1-4H3. The number of rotatable bonds is 8. The van der Waals surface area contributed by atoms with Gasteiger partial charge in [-0.3, -0.25) is 9.59 Å². The number of nitrogens with zero attached hydrogens (tertiary/aromatic N) is 1. The van der Waals surface area contributed by atoms with E-state index in [1.165, 1.54) is 7.11 Å². The van der Waals surface area contributed by atoms with Crippen molar-refractivity contribution >= 4 is 23.2 Å². The maximum absolute atomic E-state index is 12.1. The second kappa shape index (κ2) is 7.86. The van der Waals surface area contributed by atoms with Gasteiger partial charge in [-0.1, -0.05) is 13.8 Å². The molecule has 6 nitrogen and oxygen atoms in total. The van der Waals surface area contributed by atoms with Gasteiger partial charge in [0.15, 0.2) is 6.29 Å². The van der Waals surface area contributed by atoms with Crippen LogP contribution in [0.4, 0.5) is 0 Å². The number of aldehydes is 1. The van der Waals surface area contributed by atoms with Crippen molar-refractivity contribution in [3.05, 3.63) is 23.9 Å². The third kappa shape index (κ3) is 3.88. The summed E-state index contributed by atoms with van der Waals surface area (Å²) in [6.45, 7) is 4.56. The molecule has 1 aromatic carbocycles. The van der Waals surface area contributed by atoms with E-state index in [1.807, 2.05) is 0 Å². The first-order chi connectivity index (χ1) is 11.5. The quantitative estimate of drug-likeness (QED) is 0.549. The zero-order valence-electron chi connectivity index (χ0n) is 14.5. The lowest BCUT2D eigenvalue weighted by Gasteiger charge is -2.10. The maximum atomic E-state index is 12.1. The molecule has 0 radical (unpaired) electrons. The van der Waals surface area contributed by atoms with E-state index in [9.17, 15) is 9.59 Å². The van der Waals surface area contributed by atoms with E-state index < -0.39 is 0 Å². The molecule has 1 heterocycles. The van der Waals surface area contributed by atoms with Crippen LogP contribution in [0.25, 0.3) is 10.9 Å². The van der Waals surface area contributed by atoms with E-state index in [2.05, 4.69) is 13.8 Å². The first kappa shape index (κ1) is 17.8. The number of esters is 1. The Bertz CT molecular complexity index is 733. The van der Waals surface area contributed by atoms with Gasteiger partial charge in [0, 0.05) is 23.9 Å². The summed E-state index contributed by atoms with van der Waals surface area (Å²) in [4.78, 5) is 23.4. The van der Waals surface area contributed by atoms with E-state index in [4.69, 9.17) is 14.2 Å². The fourth-order valence-corrected chi connectivity index (χ4v) is 2.49. The number of carbonyl (C=O) groups excluding carboxylic acids is 2. The molecule has 2 aromatic rings. The normalized spacial score (nSPS) is 10.9. The van der Waals surface area contributed by atoms with Gasteiger partial charge >= 0.3 is 5.97 Å². The monoisotopic (exact) mass is 333 g/mol. The van der Waals surface area contributed by atoms with Gasteiger partial charge in [0.1, 0.15) is 18.0 Å². The Morgan fingerprint density at radius 2 is 2.00 bits per heavy atom. The van der Waals surface area contributed by atoms with Gasteiger partial charge in [-0.15, -0.1) is 0 Å². The van der Waals surface area contributed by atoms with Crippen molar-refractivity contribution in [3.63, 3.8) is 0 Å². The lowest BCUT2D eigenvalue weighted by Crippen LogP contribution is -2.14. The summed E-state index contributed by atoms with van der Waals surface area (Å²) in [6, 6.07) is 3.48. The third-order valence-corrected chi connectivity index (χ3v) is 3.79. The molecular weight excluding hydrogens is 310 g/mol. The predicted octanol–water partition coefficient (Wildman–Crippen LogP) is 3.06. The molecule has 6 heteroatoms. The molecule has 0 aliphatic heterocycles. The van der Waals surface area contributed by atoms with Crippen LogP contribution < -0.4 is 9.47 Å². The van der Waals surface area contributed by atoms with Gasteiger partial charge in [0.2, 0.25) is 0 Å². The fraction of sp³-hybridized carbons (Fsp3) is 0.444. The third-order valence-electron chi connectivity index (χ3n) is 3.79. The molecule has 0 saturated carbocycles. The molecule has 0 unspecified atom stereocenters. The van der Waals surface area contributed by atoms with Gasteiger partial charge in [0.05, 0.1) is 31.7 Å². The topological polar surface area (TPSA) is 66.8 Å². The zero-order chi connectivity index (χ0) is 17.7. The van der Waals surface area contributed by atoms with Crippen LogP contribution in [0.2, 0.25) is 0 Å². The summed E-state index contributed by atoms with van der Waals surface area (Å²) in [5.74, 6) is 1.25. The molecule has 0 atom stereocenters. The highest BCUT2D eigenvalue weighted by molar-refractivity contribution is 6.02. The Morgan fingerprint density at radius 3 is 2.58 bits per heavy atom. The van der Waals surface area contributed by atoms with Crippen LogP contribution in [0.15, 0.2) is 18.3 Å². The zero-order valence-corrected chi connectivity index (χ0v) is 14.5. The molecule has 0 spiro atoms. The molecule has 0 N–H and O–H groups in total. The van der Waals surface area contributed by atoms with Crippen LogP contribution in [-0.2, 0) is 16.1 Å². The minimum absolute atomic E-state index is 0.0265. The average Bonchev–Trinajstić information content (AvgIpc) is 2.91. The fourth-order valence-electron chi connectivity index (χ4n) is 2.49. The summed E-state index contributed by atoms with van der Waals surface area (Å²) < 4.78 is 17.5. The molecule has 0 saturated heterocycles. The van der Waals surface area contributed by atoms with Crippen LogP contribution in [0.1, 0.15) is 30.6 Å². The predicted molar refractivity (Wildman–Crippen MR) is 90.8 cm³/mol. The second-order valence-corrected chi connectivity index (χ2v) is 5.96. The first-order valence-electron chi connectivity index (χ1n) is 7.85. The molecule has 0 aliphatic carbocycles. The number of fused-ring (bicyclic) bond motifs is 1. The molecule has 2 rings (SSSR count). The SMILES string of the molecule is COc1cc(OC)c2c(C=O)cn(CC(=O)OCCC(C)C)c2c1.